The van der Waals surface area contributed by atoms with Crippen LogP contribution in [-0.2, 0) is 0 Å². The number of unbranched alkanes of at least 4 members (excludes halogenated alkanes) is 3. The molecule has 1 aromatic rings. The summed E-state index contributed by atoms with van der Waals surface area (Å²) in [5.41, 5.74) is 2.16. The lowest BCUT2D eigenvalue weighted by Crippen LogP contribution is -2.22. The Hall–Kier alpha value is -0.480. The summed E-state index contributed by atoms with van der Waals surface area (Å²) in [4.78, 5) is 2.22. The van der Waals surface area contributed by atoms with Crippen LogP contribution in [0.1, 0.15) is 32.6 Å². The monoisotopic (exact) mass is 256 g/mol. The molecule has 0 aliphatic heterocycles. The molecule has 0 aromatic heterocycles. The van der Waals surface area contributed by atoms with Gasteiger partial charge in [-0.25, -0.2) is 0 Å². The minimum absolute atomic E-state index is 0.813. The molecule has 0 amide bonds. The number of rotatable bonds is 7. The summed E-state index contributed by atoms with van der Waals surface area (Å²) in [7, 11) is 3.99. The third-order valence-electron chi connectivity index (χ3n) is 2.86. The minimum atomic E-state index is 0.813. The maximum atomic E-state index is 5.27. The SMILES string of the molecule is CCCCCCN(C)c1c(NC)c(=S)c1=S. The molecular formula is C12H20N2S2. The Labute approximate surface area is 108 Å². The summed E-state index contributed by atoms with van der Waals surface area (Å²) in [6, 6.07) is 0. The molecule has 0 radical (unpaired) electrons. The fourth-order valence-corrected chi connectivity index (χ4v) is 2.52. The molecule has 1 N–H and O–H groups in total. The highest BCUT2D eigenvalue weighted by Crippen LogP contribution is 2.34. The zero-order chi connectivity index (χ0) is 12.1. The summed E-state index contributed by atoms with van der Waals surface area (Å²) >= 11 is 10.5. The molecule has 0 aliphatic carbocycles. The van der Waals surface area contributed by atoms with E-state index in [9.17, 15) is 0 Å². The molecule has 90 valence electrons. The highest BCUT2D eigenvalue weighted by atomic mass is 32.1. The van der Waals surface area contributed by atoms with Crippen molar-refractivity contribution >= 4 is 35.8 Å². The van der Waals surface area contributed by atoms with E-state index >= 15 is 0 Å². The van der Waals surface area contributed by atoms with E-state index in [1.807, 2.05) is 7.05 Å². The molecule has 4 heteroatoms. The highest BCUT2D eigenvalue weighted by Gasteiger charge is 2.16. The average molecular weight is 256 g/mol. The van der Waals surface area contributed by atoms with Gasteiger partial charge in [0.2, 0.25) is 0 Å². The smallest absolute Gasteiger partial charge is 0.0834 e. The molecule has 0 saturated carbocycles. The van der Waals surface area contributed by atoms with E-state index in [0.717, 1.165) is 26.9 Å². The van der Waals surface area contributed by atoms with Gasteiger partial charge in [0.25, 0.3) is 0 Å². The molecule has 0 heterocycles. The van der Waals surface area contributed by atoms with Crippen LogP contribution in [0, 0.1) is 9.02 Å². The normalized spacial score (nSPS) is 10.7. The van der Waals surface area contributed by atoms with E-state index in [1.54, 1.807) is 0 Å². The van der Waals surface area contributed by atoms with Crippen molar-refractivity contribution in [1.29, 1.82) is 0 Å². The molecule has 2 nitrogen and oxygen atoms in total. The second-order valence-electron chi connectivity index (χ2n) is 4.11. The fraction of sp³-hybridized carbons (Fsp3) is 0.667. The Morgan fingerprint density at radius 1 is 1.12 bits per heavy atom. The standard InChI is InChI=1S/C12H20N2S2/c1-4-5-6-7-8-14(3)10-9(13-2)11(15)12(10)16/h13H,4-8H2,1-3H3. The van der Waals surface area contributed by atoms with Crippen molar-refractivity contribution < 1.29 is 0 Å². The fourth-order valence-electron chi connectivity index (χ4n) is 1.86. The second kappa shape index (κ2) is 6.30. The first-order chi connectivity index (χ1) is 7.63. The van der Waals surface area contributed by atoms with Gasteiger partial charge in [-0.05, 0) is 6.42 Å². The average Bonchev–Trinajstić information content (AvgIpc) is 2.29. The largest absolute Gasteiger partial charge is 0.385 e. The van der Waals surface area contributed by atoms with Gasteiger partial charge in [-0.1, -0.05) is 50.6 Å². The predicted octanol–water partition coefficient (Wildman–Crippen LogP) is 4.08. The lowest BCUT2D eigenvalue weighted by atomic mass is 10.1. The van der Waals surface area contributed by atoms with Crippen LogP contribution in [-0.4, -0.2) is 20.6 Å². The lowest BCUT2D eigenvalue weighted by molar-refractivity contribution is 0.661. The van der Waals surface area contributed by atoms with Gasteiger partial charge in [-0.2, -0.15) is 0 Å². The van der Waals surface area contributed by atoms with Crippen LogP contribution >= 0.6 is 24.4 Å². The number of nitrogens with one attached hydrogen (secondary N) is 1. The molecule has 16 heavy (non-hydrogen) atoms. The Kier molecular flexibility index (Phi) is 5.35. The zero-order valence-electron chi connectivity index (χ0n) is 10.3. The van der Waals surface area contributed by atoms with E-state index in [-0.39, 0.29) is 0 Å². The van der Waals surface area contributed by atoms with Gasteiger partial charge in [-0.3, -0.25) is 0 Å². The molecule has 0 fully saturated rings. The lowest BCUT2D eigenvalue weighted by Gasteiger charge is -2.25. The van der Waals surface area contributed by atoms with Gasteiger partial charge >= 0.3 is 0 Å². The zero-order valence-corrected chi connectivity index (χ0v) is 11.9. The molecule has 1 aromatic carbocycles. The van der Waals surface area contributed by atoms with Gasteiger partial charge in [-0.15, -0.1) is 0 Å². The molecule has 0 spiro atoms. The predicted molar refractivity (Wildman–Crippen MR) is 77.4 cm³/mol. The molecule has 0 atom stereocenters. The van der Waals surface area contributed by atoms with E-state index in [0.29, 0.717) is 0 Å². The van der Waals surface area contributed by atoms with Gasteiger partial charge < -0.3 is 10.2 Å². The molecule has 0 aliphatic rings. The van der Waals surface area contributed by atoms with Crippen LogP contribution in [0.4, 0.5) is 11.4 Å². The topological polar surface area (TPSA) is 15.3 Å². The van der Waals surface area contributed by atoms with E-state index in [4.69, 9.17) is 24.4 Å². The third-order valence-corrected chi connectivity index (χ3v) is 3.80. The Bertz CT molecular complexity index is 405. The van der Waals surface area contributed by atoms with Crippen molar-refractivity contribution in [3.8, 4) is 0 Å². The van der Waals surface area contributed by atoms with Crippen LogP contribution in [0.2, 0.25) is 0 Å². The molecule has 1 rings (SSSR count). The van der Waals surface area contributed by atoms with Crippen LogP contribution in [0.5, 0.6) is 0 Å². The summed E-state index contributed by atoms with van der Waals surface area (Å²) in [6.07, 6.45) is 5.10. The number of nitrogens with zero attached hydrogens (tertiary/aromatic N) is 1. The highest BCUT2D eigenvalue weighted by molar-refractivity contribution is 7.74. The number of hydrogen-bond donors (Lipinski definition) is 1. The van der Waals surface area contributed by atoms with Gasteiger partial charge in [0.05, 0.1) is 20.4 Å². The van der Waals surface area contributed by atoms with E-state index < -0.39 is 0 Å². The van der Waals surface area contributed by atoms with Gasteiger partial charge in [0.15, 0.2) is 0 Å². The number of anilines is 2. The van der Waals surface area contributed by atoms with Crippen molar-refractivity contribution in [1.82, 2.24) is 0 Å². The summed E-state index contributed by atoms with van der Waals surface area (Å²) in [5.74, 6) is 0. The Morgan fingerprint density at radius 2 is 1.81 bits per heavy atom. The maximum Gasteiger partial charge on any atom is 0.0834 e. The Balaban J connectivity index is 2.53. The first-order valence-corrected chi connectivity index (χ1v) is 6.67. The van der Waals surface area contributed by atoms with Crippen molar-refractivity contribution in [2.75, 3.05) is 30.9 Å². The van der Waals surface area contributed by atoms with Crippen molar-refractivity contribution in [2.24, 2.45) is 0 Å². The number of hydrogen-bond acceptors (Lipinski definition) is 4. The molecule has 0 unspecified atom stereocenters. The summed E-state index contributed by atoms with van der Waals surface area (Å²) in [5, 5.41) is 3.12. The van der Waals surface area contributed by atoms with Crippen LogP contribution in [0.25, 0.3) is 0 Å². The van der Waals surface area contributed by atoms with Crippen LogP contribution < -0.4 is 10.2 Å². The second-order valence-corrected chi connectivity index (χ2v) is 4.93. The summed E-state index contributed by atoms with van der Waals surface area (Å²) in [6.45, 7) is 3.29. The quantitative estimate of drug-likeness (QED) is 0.584. The molecule has 0 bridgehead atoms. The third kappa shape index (κ3) is 2.80. The molecule has 0 saturated heterocycles. The van der Waals surface area contributed by atoms with Crippen molar-refractivity contribution in [2.45, 2.75) is 32.6 Å². The van der Waals surface area contributed by atoms with Crippen molar-refractivity contribution in [3.63, 3.8) is 0 Å². The minimum Gasteiger partial charge on any atom is -0.385 e. The first kappa shape index (κ1) is 13.6. The van der Waals surface area contributed by atoms with E-state index in [1.165, 1.54) is 25.7 Å². The molecular weight excluding hydrogens is 236 g/mol. The van der Waals surface area contributed by atoms with Crippen LogP contribution in [0.3, 0.4) is 0 Å². The van der Waals surface area contributed by atoms with Gasteiger partial charge in [0.1, 0.15) is 0 Å². The first-order valence-electron chi connectivity index (χ1n) is 5.85. The van der Waals surface area contributed by atoms with Crippen molar-refractivity contribution in [3.05, 3.63) is 9.02 Å². The summed E-state index contributed by atoms with van der Waals surface area (Å²) < 4.78 is 1.66. The van der Waals surface area contributed by atoms with Gasteiger partial charge in [0, 0.05) is 20.6 Å². The Morgan fingerprint density at radius 3 is 2.38 bits per heavy atom. The van der Waals surface area contributed by atoms with E-state index in [2.05, 4.69) is 24.2 Å². The maximum absolute atomic E-state index is 5.27. The van der Waals surface area contributed by atoms with Crippen LogP contribution in [0.15, 0.2) is 0 Å².